The van der Waals surface area contributed by atoms with Crippen LogP contribution in [-0.2, 0) is 10.2 Å². The molecular formula is C19H27ClN4O2. The van der Waals surface area contributed by atoms with Crippen molar-refractivity contribution in [3.05, 3.63) is 28.3 Å². The highest BCUT2D eigenvalue weighted by atomic mass is 35.5. The van der Waals surface area contributed by atoms with E-state index < -0.39 is 0 Å². The molecule has 0 saturated carbocycles. The molecule has 0 aliphatic carbocycles. The number of benzene rings is 1. The van der Waals surface area contributed by atoms with Gasteiger partial charge in [0, 0.05) is 60.0 Å². The lowest BCUT2D eigenvalue weighted by Gasteiger charge is -2.34. The van der Waals surface area contributed by atoms with E-state index in [0.717, 1.165) is 71.0 Å². The van der Waals surface area contributed by atoms with Gasteiger partial charge in [-0.05, 0) is 38.1 Å². The maximum atomic E-state index is 12.6. The van der Waals surface area contributed by atoms with E-state index in [1.165, 1.54) is 5.56 Å². The predicted octanol–water partition coefficient (Wildman–Crippen LogP) is 1.45. The third-order valence-corrected chi connectivity index (χ3v) is 6.18. The lowest BCUT2D eigenvalue weighted by Crippen LogP contribution is -2.41. The van der Waals surface area contributed by atoms with Gasteiger partial charge in [0.25, 0.3) is 5.91 Å². The first-order chi connectivity index (χ1) is 12.7. The Morgan fingerprint density at radius 2 is 2.04 bits per heavy atom. The van der Waals surface area contributed by atoms with Gasteiger partial charge in [-0.3, -0.25) is 9.69 Å². The summed E-state index contributed by atoms with van der Waals surface area (Å²) in [6.45, 7) is 7.84. The molecule has 7 heteroatoms. The van der Waals surface area contributed by atoms with Crippen molar-refractivity contribution in [3.8, 4) is 0 Å². The van der Waals surface area contributed by atoms with Crippen LogP contribution >= 0.6 is 11.6 Å². The summed E-state index contributed by atoms with van der Waals surface area (Å²) in [6.07, 6.45) is 2.16. The van der Waals surface area contributed by atoms with Gasteiger partial charge in [-0.1, -0.05) is 11.6 Å². The molecule has 2 saturated heterocycles. The van der Waals surface area contributed by atoms with Crippen LogP contribution in [0, 0.1) is 0 Å². The van der Waals surface area contributed by atoms with Crippen LogP contribution in [0.1, 0.15) is 28.8 Å². The van der Waals surface area contributed by atoms with Crippen molar-refractivity contribution in [1.82, 2.24) is 15.5 Å². The molecule has 4 rings (SSSR count). The first kappa shape index (κ1) is 18.0. The molecular weight excluding hydrogens is 352 g/mol. The van der Waals surface area contributed by atoms with E-state index in [9.17, 15) is 4.79 Å². The van der Waals surface area contributed by atoms with Crippen LogP contribution in [0.3, 0.4) is 0 Å². The van der Waals surface area contributed by atoms with Crippen LogP contribution in [0.15, 0.2) is 12.1 Å². The lowest BCUT2D eigenvalue weighted by molar-refractivity contribution is 0.0383. The molecule has 0 atom stereocenters. The first-order valence-electron chi connectivity index (χ1n) is 9.55. The van der Waals surface area contributed by atoms with Gasteiger partial charge in [-0.25, -0.2) is 0 Å². The Morgan fingerprint density at radius 3 is 2.81 bits per heavy atom. The van der Waals surface area contributed by atoms with E-state index in [4.69, 9.17) is 16.3 Å². The number of hydrogen-bond acceptors (Lipinski definition) is 5. The number of nitrogens with one attached hydrogen (secondary N) is 3. The van der Waals surface area contributed by atoms with E-state index in [1.807, 2.05) is 12.1 Å². The number of rotatable bonds is 4. The Balaban J connectivity index is 1.41. The van der Waals surface area contributed by atoms with Crippen LogP contribution in [0.2, 0.25) is 5.02 Å². The molecule has 26 heavy (non-hydrogen) atoms. The van der Waals surface area contributed by atoms with Crippen LogP contribution in [0.4, 0.5) is 5.69 Å². The van der Waals surface area contributed by atoms with Crippen molar-refractivity contribution in [2.45, 2.75) is 18.3 Å². The molecule has 1 aromatic rings. The molecule has 3 heterocycles. The summed E-state index contributed by atoms with van der Waals surface area (Å²) in [4.78, 5) is 14.9. The minimum Gasteiger partial charge on any atom is -0.384 e. The van der Waals surface area contributed by atoms with Crippen LogP contribution in [-0.4, -0.2) is 69.8 Å². The number of anilines is 1. The number of amides is 1. The molecule has 3 aliphatic heterocycles. The Hall–Kier alpha value is -1.34. The average molecular weight is 379 g/mol. The Bertz CT molecular complexity index is 670. The van der Waals surface area contributed by atoms with E-state index >= 15 is 0 Å². The quantitative estimate of drug-likeness (QED) is 0.740. The molecule has 0 unspecified atom stereocenters. The summed E-state index contributed by atoms with van der Waals surface area (Å²) < 4.78 is 5.35. The van der Waals surface area contributed by atoms with E-state index in [-0.39, 0.29) is 11.3 Å². The molecule has 3 N–H and O–H groups in total. The summed E-state index contributed by atoms with van der Waals surface area (Å²) in [6, 6.07) is 3.79. The van der Waals surface area contributed by atoms with Crippen molar-refractivity contribution in [2.24, 2.45) is 0 Å². The Morgan fingerprint density at radius 1 is 1.27 bits per heavy atom. The van der Waals surface area contributed by atoms with Gasteiger partial charge in [-0.15, -0.1) is 0 Å². The summed E-state index contributed by atoms with van der Waals surface area (Å²) in [5.74, 6) is -0.0592. The number of ether oxygens (including phenoxy) is 1. The summed E-state index contributed by atoms with van der Waals surface area (Å²) in [5, 5.41) is 10.6. The summed E-state index contributed by atoms with van der Waals surface area (Å²) >= 11 is 6.63. The molecule has 1 amide bonds. The molecule has 0 bridgehead atoms. The second-order valence-corrected chi connectivity index (χ2v) is 7.88. The number of hydrogen-bond donors (Lipinski definition) is 3. The second-order valence-electron chi connectivity index (χ2n) is 7.47. The maximum absolute atomic E-state index is 12.6. The largest absolute Gasteiger partial charge is 0.384 e. The van der Waals surface area contributed by atoms with E-state index in [1.54, 1.807) is 0 Å². The summed E-state index contributed by atoms with van der Waals surface area (Å²) in [5.41, 5.74) is 2.97. The van der Waals surface area contributed by atoms with E-state index in [2.05, 4.69) is 20.9 Å². The smallest absolute Gasteiger partial charge is 0.251 e. The third-order valence-electron chi connectivity index (χ3n) is 5.88. The van der Waals surface area contributed by atoms with Crippen LogP contribution in [0.5, 0.6) is 0 Å². The monoisotopic (exact) mass is 378 g/mol. The predicted molar refractivity (Wildman–Crippen MR) is 103 cm³/mol. The van der Waals surface area contributed by atoms with Crippen LogP contribution < -0.4 is 16.0 Å². The zero-order chi connectivity index (χ0) is 18.0. The maximum Gasteiger partial charge on any atom is 0.251 e. The average Bonchev–Trinajstić information content (AvgIpc) is 3.01. The normalized spacial score (nSPS) is 22.0. The van der Waals surface area contributed by atoms with Gasteiger partial charge < -0.3 is 20.7 Å². The number of carbonyl (C=O) groups is 1. The highest BCUT2D eigenvalue weighted by Crippen LogP contribution is 2.46. The van der Waals surface area contributed by atoms with Crippen molar-refractivity contribution in [2.75, 3.05) is 64.3 Å². The van der Waals surface area contributed by atoms with Gasteiger partial charge >= 0.3 is 0 Å². The Labute approximate surface area is 159 Å². The van der Waals surface area contributed by atoms with E-state index in [0.29, 0.717) is 17.1 Å². The number of piperidine rings is 1. The zero-order valence-electron chi connectivity index (χ0n) is 15.1. The lowest BCUT2D eigenvalue weighted by atomic mass is 9.74. The van der Waals surface area contributed by atoms with Crippen molar-refractivity contribution < 1.29 is 9.53 Å². The van der Waals surface area contributed by atoms with Gasteiger partial charge in [0.1, 0.15) is 0 Å². The van der Waals surface area contributed by atoms with Crippen molar-refractivity contribution >= 4 is 23.2 Å². The first-order valence-corrected chi connectivity index (χ1v) is 9.93. The fourth-order valence-electron chi connectivity index (χ4n) is 4.36. The van der Waals surface area contributed by atoms with Gasteiger partial charge in [0.2, 0.25) is 0 Å². The van der Waals surface area contributed by atoms with Crippen molar-refractivity contribution in [1.29, 1.82) is 0 Å². The molecule has 1 aromatic carbocycles. The number of nitrogens with zero attached hydrogens (tertiary/aromatic N) is 1. The SMILES string of the molecule is O=C(NCCN1CCOCC1)c1cc(Cl)c2c(c1)NCC21CCNCC1. The fourth-order valence-corrected chi connectivity index (χ4v) is 4.78. The Kier molecular flexibility index (Phi) is 5.36. The topological polar surface area (TPSA) is 65.6 Å². The molecule has 142 valence electrons. The molecule has 0 radical (unpaired) electrons. The highest BCUT2D eigenvalue weighted by Gasteiger charge is 2.41. The number of carbonyl (C=O) groups excluding carboxylic acids is 1. The second kappa shape index (κ2) is 7.72. The fraction of sp³-hybridized carbons (Fsp3) is 0.632. The standard InChI is InChI=1S/C19H27ClN4O2/c20-15-11-14(18(25)22-5-6-24-7-9-26-10-8-24)12-16-17(15)19(13-23-16)1-3-21-4-2-19/h11-12,21,23H,1-10,13H2,(H,22,25). The van der Waals surface area contributed by atoms with Gasteiger partial charge in [-0.2, -0.15) is 0 Å². The number of halogens is 1. The molecule has 3 aliphatic rings. The van der Waals surface area contributed by atoms with Gasteiger partial charge in [0.05, 0.1) is 13.2 Å². The zero-order valence-corrected chi connectivity index (χ0v) is 15.8. The number of morpholine rings is 1. The summed E-state index contributed by atoms with van der Waals surface area (Å²) in [7, 11) is 0. The van der Waals surface area contributed by atoms with Gasteiger partial charge in [0.15, 0.2) is 0 Å². The molecule has 1 spiro atoms. The minimum atomic E-state index is -0.0592. The van der Waals surface area contributed by atoms with Crippen LogP contribution in [0.25, 0.3) is 0 Å². The number of fused-ring (bicyclic) bond motifs is 2. The van der Waals surface area contributed by atoms with Crippen molar-refractivity contribution in [3.63, 3.8) is 0 Å². The molecule has 2 fully saturated rings. The third kappa shape index (κ3) is 3.56. The molecule has 0 aromatic heterocycles. The minimum absolute atomic E-state index is 0.0592. The highest BCUT2D eigenvalue weighted by molar-refractivity contribution is 6.32. The molecule has 6 nitrogen and oxygen atoms in total.